The normalized spacial score (nSPS) is 8.60. The van der Waals surface area contributed by atoms with Crippen molar-refractivity contribution in [2.45, 2.75) is 11.6 Å². The van der Waals surface area contributed by atoms with Crippen LogP contribution in [0.1, 0.15) is 0 Å². The highest BCUT2D eigenvalue weighted by atomic mass is 27.1. The zero-order valence-corrected chi connectivity index (χ0v) is 9.09. The molecule has 0 amide bonds. The molecule has 0 rings (SSSR count). The molecule has 0 aromatic carbocycles. The second kappa shape index (κ2) is 12.2. The quantitative estimate of drug-likeness (QED) is 0.605. The van der Waals surface area contributed by atoms with Crippen LogP contribution in [0, 0.1) is 0 Å². The maximum absolute atomic E-state index is 3.06. The van der Waals surface area contributed by atoms with E-state index in [0.29, 0.717) is 0 Å². The largest absolute Gasteiger partial charge is 0.318 e. The second-order valence-electron chi connectivity index (χ2n) is 2.48. The lowest BCUT2D eigenvalue weighted by atomic mass is 10.6. The first-order valence-corrected chi connectivity index (χ1v) is 6.03. The van der Waals surface area contributed by atoms with Crippen LogP contribution in [0.5, 0.6) is 0 Å². The van der Waals surface area contributed by atoms with Crippen molar-refractivity contribution in [3.8, 4) is 0 Å². The van der Waals surface area contributed by atoms with Crippen LogP contribution in [0.3, 0.4) is 0 Å². The summed E-state index contributed by atoms with van der Waals surface area (Å²) in [6.07, 6.45) is 0. The fourth-order valence-electron chi connectivity index (χ4n) is 0.335. The van der Waals surface area contributed by atoms with Gasteiger partial charge >= 0.3 is 0 Å². The van der Waals surface area contributed by atoms with Gasteiger partial charge in [0, 0.05) is 13.1 Å². The summed E-state index contributed by atoms with van der Waals surface area (Å²) in [4.78, 5) is 2.15. The number of likely N-dealkylation sites (N-methyl/N-ethyl adjacent to an activating group) is 2. The highest BCUT2D eigenvalue weighted by Crippen LogP contribution is 1.66. The summed E-state index contributed by atoms with van der Waals surface area (Å²) < 4.78 is 0. The van der Waals surface area contributed by atoms with Crippen LogP contribution in [-0.2, 0) is 0 Å². The highest BCUT2D eigenvalue weighted by Gasteiger charge is 1.82. The van der Waals surface area contributed by atoms with E-state index in [4.69, 9.17) is 0 Å². The van der Waals surface area contributed by atoms with E-state index in [1.807, 2.05) is 7.05 Å². The van der Waals surface area contributed by atoms with Crippen LogP contribution >= 0.6 is 0 Å². The van der Waals surface area contributed by atoms with E-state index in [-0.39, 0.29) is 0 Å². The Morgan fingerprint density at radius 2 is 1.70 bits per heavy atom. The molecule has 3 heteroatoms. The maximum atomic E-state index is 3.06. The van der Waals surface area contributed by atoms with Crippen LogP contribution < -0.4 is 5.32 Å². The average Bonchev–Trinajstić information content (AvgIpc) is 1.85. The standard InChI is InChI=1S/C5H14N2.2CH3.Al/c1-6-4-5-7(2)3;;;/h6H,4-5H2,1-3H3;2*1H3;. The molecule has 0 saturated carbocycles. The molecule has 0 aromatic heterocycles. The molecule has 2 nitrogen and oxygen atoms in total. The number of hydrogen-bond donors (Lipinski definition) is 1. The minimum Gasteiger partial charge on any atom is -0.318 e. The minimum atomic E-state index is 0.750. The van der Waals surface area contributed by atoms with Crippen molar-refractivity contribution in [1.82, 2.24) is 10.2 Å². The third-order valence-corrected chi connectivity index (χ3v) is 0.809. The Morgan fingerprint density at radius 3 is 1.80 bits per heavy atom. The Kier molecular flexibility index (Phi) is 15.9. The Balaban J connectivity index is 0. The van der Waals surface area contributed by atoms with Crippen molar-refractivity contribution in [1.29, 1.82) is 0 Å². The van der Waals surface area contributed by atoms with Crippen LogP contribution in [0.15, 0.2) is 0 Å². The number of nitrogens with zero attached hydrogens (tertiary/aromatic N) is 1. The topological polar surface area (TPSA) is 15.3 Å². The van der Waals surface area contributed by atoms with E-state index in [9.17, 15) is 0 Å². The van der Waals surface area contributed by atoms with Crippen LogP contribution in [-0.4, -0.2) is 54.4 Å². The Hall–Kier alpha value is 0.452. The first kappa shape index (κ1) is 13.1. The third kappa shape index (κ3) is 23.7. The van der Waals surface area contributed by atoms with E-state index in [1.165, 1.54) is 0 Å². The Labute approximate surface area is 71.7 Å². The lowest BCUT2D eigenvalue weighted by Gasteiger charge is -2.06. The first-order valence-electron chi connectivity index (χ1n) is 3.72. The molecular weight excluding hydrogens is 139 g/mol. The predicted molar refractivity (Wildman–Crippen MR) is 50.0 cm³/mol. The van der Waals surface area contributed by atoms with Gasteiger partial charge in [-0.1, -0.05) is 0 Å². The number of nitrogens with one attached hydrogen (secondary N) is 1. The first-order chi connectivity index (χ1) is 4.68. The van der Waals surface area contributed by atoms with Crippen molar-refractivity contribution in [2.75, 3.05) is 34.2 Å². The van der Waals surface area contributed by atoms with E-state index < -0.39 is 0 Å². The Morgan fingerprint density at radius 1 is 1.30 bits per heavy atom. The second-order valence-corrected chi connectivity index (χ2v) is 3.64. The molecular formula is C7H20AlN2. The molecule has 0 unspecified atom stereocenters. The molecule has 0 heterocycles. The van der Waals surface area contributed by atoms with Crippen molar-refractivity contribution in [2.24, 2.45) is 0 Å². The summed E-state index contributed by atoms with van der Waals surface area (Å²) in [5, 5.41) is 3.06. The summed E-state index contributed by atoms with van der Waals surface area (Å²) in [7, 11) is 6.10. The van der Waals surface area contributed by atoms with Gasteiger partial charge in [-0.2, -0.15) is 0 Å². The summed E-state index contributed by atoms with van der Waals surface area (Å²) in [5.41, 5.74) is 0. The van der Waals surface area contributed by atoms with E-state index >= 15 is 0 Å². The molecule has 0 aromatic rings. The van der Waals surface area contributed by atoms with E-state index in [2.05, 4.69) is 35.9 Å². The maximum Gasteiger partial charge on any atom is 0.191 e. The fourth-order valence-corrected chi connectivity index (χ4v) is 0.335. The van der Waals surface area contributed by atoms with E-state index in [0.717, 1.165) is 28.3 Å². The van der Waals surface area contributed by atoms with Gasteiger partial charge in [-0.25, -0.2) is 0 Å². The molecule has 0 aliphatic rings. The smallest absolute Gasteiger partial charge is 0.191 e. The zero-order chi connectivity index (χ0) is 8.41. The van der Waals surface area contributed by atoms with Gasteiger partial charge in [-0.05, 0) is 21.1 Å². The predicted octanol–water partition coefficient (Wildman–Crippen LogP) is 0.554. The molecule has 0 spiro atoms. The van der Waals surface area contributed by atoms with Gasteiger partial charge in [0.2, 0.25) is 0 Å². The molecule has 61 valence electrons. The summed E-state index contributed by atoms with van der Waals surface area (Å²) >= 11 is 0.750. The molecule has 1 radical (unpaired) electrons. The average molecular weight is 159 g/mol. The van der Waals surface area contributed by atoms with Crippen LogP contribution in [0.25, 0.3) is 0 Å². The summed E-state index contributed by atoms with van der Waals surface area (Å²) in [5.74, 6) is 4.42. The van der Waals surface area contributed by atoms with Crippen molar-refractivity contribution >= 4 is 15.2 Å². The van der Waals surface area contributed by atoms with Crippen molar-refractivity contribution in [3.63, 3.8) is 0 Å². The molecule has 0 aliphatic carbocycles. The summed E-state index contributed by atoms with van der Waals surface area (Å²) in [6.45, 7) is 2.20. The molecule has 10 heavy (non-hydrogen) atoms. The minimum absolute atomic E-state index is 0.750. The molecule has 0 fully saturated rings. The molecule has 1 N–H and O–H groups in total. The number of hydrogen-bond acceptors (Lipinski definition) is 2. The fraction of sp³-hybridized carbons (Fsp3) is 1.00. The van der Waals surface area contributed by atoms with Gasteiger partial charge in [0.1, 0.15) is 0 Å². The van der Waals surface area contributed by atoms with Crippen LogP contribution in [0.4, 0.5) is 0 Å². The van der Waals surface area contributed by atoms with Crippen molar-refractivity contribution < 1.29 is 0 Å². The molecule has 0 aliphatic heterocycles. The summed E-state index contributed by atoms with van der Waals surface area (Å²) in [6, 6.07) is 0. The molecule has 0 atom stereocenters. The Bertz CT molecular complexity index is 48.9. The van der Waals surface area contributed by atoms with Crippen LogP contribution in [0.2, 0.25) is 11.6 Å². The lowest BCUT2D eigenvalue weighted by Crippen LogP contribution is -2.23. The SMILES string of the molecule is CNCCN(C)C.[CH3][Al][CH3]. The van der Waals surface area contributed by atoms with Gasteiger partial charge in [0.25, 0.3) is 0 Å². The van der Waals surface area contributed by atoms with E-state index in [1.54, 1.807) is 0 Å². The molecule has 0 bridgehead atoms. The van der Waals surface area contributed by atoms with Crippen molar-refractivity contribution in [3.05, 3.63) is 0 Å². The zero-order valence-electron chi connectivity index (χ0n) is 7.94. The van der Waals surface area contributed by atoms with Gasteiger partial charge in [0.05, 0.1) is 0 Å². The highest BCUT2D eigenvalue weighted by molar-refractivity contribution is 6.31. The monoisotopic (exact) mass is 159 g/mol. The van der Waals surface area contributed by atoms with Gasteiger partial charge in [0.15, 0.2) is 15.2 Å². The number of rotatable bonds is 3. The lowest BCUT2D eigenvalue weighted by molar-refractivity contribution is 0.407. The molecule has 0 saturated heterocycles. The van der Waals surface area contributed by atoms with Gasteiger partial charge in [-0.15, -0.1) is 11.6 Å². The van der Waals surface area contributed by atoms with Gasteiger partial charge < -0.3 is 10.2 Å². The third-order valence-electron chi connectivity index (χ3n) is 0.809. The van der Waals surface area contributed by atoms with Gasteiger partial charge in [-0.3, -0.25) is 0 Å².